The van der Waals surface area contributed by atoms with E-state index in [4.69, 9.17) is 28.0 Å². The molecule has 8 rings (SSSR count). The van der Waals surface area contributed by atoms with Crippen LogP contribution in [0, 0.1) is 23.1 Å². The van der Waals surface area contributed by atoms with E-state index in [0.29, 0.717) is 11.8 Å². The van der Waals surface area contributed by atoms with Crippen LogP contribution in [0.25, 0.3) is 11.5 Å². The third kappa shape index (κ3) is 6.76. The predicted molar refractivity (Wildman–Crippen MR) is 185 cm³/mol. The standard InChI is InChI=1S/C39H35N3O2P.ClHO4/c1-28-20-22-30(23-21-28)37-40-38(39(44-37)41-25-29-24-31(27-41)35-18-11-19-36(43)42(35)26-29)45(32-12-5-2-6-13-32,33-14-7-3-8-15-33)34-16-9-4-10-17-34;2-1(3,4)5/h2-23,29,31H,24-27H2,1H3;(H,2,3,4,5)/q+1;/p-1/t29-,31-;/m1./s1. The Balaban J connectivity index is 0.000000734. The topological polar surface area (TPSA) is 144 Å². The molecule has 9 nitrogen and oxygen atoms in total. The number of piperidine rings is 1. The number of aromatic nitrogens is 2. The first-order chi connectivity index (χ1) is 24.1. The number of benzene rings is 4. The molecule has 1 saturated heterocycles. The van der Waals surface area contributed by atoms with Crippen molar-refractivity contribution in [3.63, 3.8) is 0 Å². The minimum Gasteiger partial charge on any atom is -0.416 e. The molecule has 0 unspecified atom stereocenters. The molecule has 6 aromatic rings. The molecule has 2 aliphatic rings. The lowest BCUT2D eigenvalue weighted by atomic mass is 9.83. The Bertz CT molecular complexity index is 2020. The second-order valence-corrected chi connectivity index (χ2v) is 16.7. The largest absolute Gasteiger partial charge is 0.416 e. The minimum atomic E-state index is -4.94. The highest BCUT2D eigenvalue weighted by molar-refractivity contribution is 8.01. The molecule has 0 aliphatic carbocycles. The molecule has 11 heteroatoms. The number of rotatable bonds is 6. The highest BCUT2D eigenvalue weighted by Crippen LogP contribution is 2.56. The Hall–Kier alpha value is -4.60. The van der Waals surface area contributed by atoms with Gasteiger partial charge in [0.15, 0.2) is 7.26 Å². The van der Waals surface area contributed by atoms with E-state index < -0.39 is 17.5 Å². The summed E-state index contributed by atoms with van der Waals surface area (Å²) in [5.74, 6) is 2.07. The van der Waals surface area contributed by atoms with E-state index in [1.165, 1.54) is 21.5 Å². The van der Waals surface area contributed by atoms with Crippen molar-refractivity contribution in [2.24, 2.45) is 5.92 Å². The Labute approximate surface area is 292 Å². The lowest BCUT2D eigenvalue weighted by molar-refractivity contribution is -2.00. The van der Waals surface area contributed by atoms with Gasteiger partial charge in [-0.2, -0.15) is 4.98 Å². The molecule has 2 atom stereocenters. The molecule has 2 aromatic heterocycles. The number of hydrogen-bond acceptors (Lipinski definition) is 8. The smallest absolute Gasteiger partial charge is 0.262 e. The van der Waals surface area contributed by atoms with E-state index in [9.17, 15) is 4.79 Å². The van der Waals surface area contributed by atoms with Crippen molar-refractivity contribution >= 4 is 34.5 Å². The Morgan fingerprint density at radius 1 is 0.700 bits per heavy atom. The van der Waals surface area contributed by atoms with E-state index in [2.05, 4.69) is 133 Å². The van der Waals surface area contributed by atoms with Gasteiger partial charge in [0.25, 0.3) is 16.9 Å². The first-order valence-electron chi connectivity index (χ1n) is 16.3. The Morgan fingerprint density at radius 2 is 1.24 bits per heavy atom. The van der Waals surface area contributed by atoms with Crippen LogP contribution in [-0.4, -0.2) is 22.6 Å². The zero-order valence-corrected chi connectivity index (χ0v) is 29.0. The van der Waals surface area contributed by atoms with Crippen LogP contribution in [0.15, 0.2) is 143 Å². The molecule has 0 spiro atoms. The average Bonchev–Trinajstić information content (AvgIpc) is 3.56. The maximum Gasteiger partial charge on any atom is 0.262 e. The minimum absolute atomic E-state index is 0.0971. The summed E-state index contributed by atoms with van der Waals surface area (Å²) in [6.45, 7) is 4.41. The SMILES string of the molecule is Cc1ccc(-c2nc([P+](c3ccccc3)(c3ccccc3)c3ccccc3)c(N3C[C@H]4C[C@H](C3)c3cccc(=O)n3C4)o2)cc1.[O-][Cl+3]([O-])([O-])[O-]. The zero-order chi connectivity index (χ0) is 34.9. The molecule has 4 heterocycles. The third-order valence-corrected chi connectivity index (χ3v) is 13.6. The summed E-state index contributed by atoms with van der Waals surface area (Å²) in [4.78, 5) is 20.8. The van der Waals surface area contributed by atoms with Gasteiger partial charge in [0.2, 0.25) is 5.89 Å². The quantitative estimate of drug-likeness (QED) is 0.236. The number of anilines is 1. The average molecular weight is 708 g/mol. The molecule has 50 heavy (non-hydrogen) atoms. The van der Waals surface area contributed by atoms with Gasteiger partial charge in [-0.15, -0.1) is 10.2 Å². The molecule has 0 N–H and O–H groups in total. The fourth-order valence-electron chi connectivity index (χ4n) is 7.38. The normalized spacial score (nSPS) is 17.0. The molecule has 2 aliphatic heterocycles. The first-order valence-corrected chi connectivity index (χ1v) is 19.3. The summed E-state index contributed by atoms with van der Waals surface area (Å²) in [6, 6.07) is 46.8. The van der Waals surface area contributed by atoms with Crippen molar-refractivity contribution in [2.75, 3.05) is 18.0 Å². The molecular weight excluding hydrogens is 673 g/mol. The summed E-state index contributed by atoms with van der Waals surface area (Å²) in [7, 11) is -7.47. The molecule has 0 amide bonds. The van der Waals surface area contributed by atoms with Gasteiger partial charge < -0.3 is 13.9 Å². The van der Waals surface area contributed by atoms with Crippen molar-refractivity contribution in [1.29, 1.82) is 0 Å². The van der Waals surface area contributed by atoms with Crippen LogP contribution >= 0.6 is 7.26 Å². The van der Waals surface area contributed by atoms with E-state index >= 15 is 0 Å². The van der Waals surface area contributed by atoms with E-state index in [1.807, 2.05) is 10.6 Å². The maximum atomic E-state index is 12.8. The van der Waals surface area contributed by atoms with Crippen LogP contribution in [0.3, 0.4) is 0 Å². The van der Waals surface area contributed by atoms with Crippen LogP contribution in [0.5, 0.6) is 0 Å². The first kappa shape index (κ1) is 33.9. The van der Waals surface area contributed by atoms with Gasteiger partial charge in [0.05, 0.1) is 0 Å². The Kier molecular flexibility index (Phi) is 9.46. The fraction of sp³-hybridized carbons (Fsp3) is 0.179. The molecule has 4 aromatic carbocycles. The molecule has 1 fully saturated rings. The number of fused-ring (bicyclic) bond motifs is 4. The van der Waals surface area contributed by atoms with Crippen molar-refractivity contribution in [2.45, 2.75) is 25.8 Å². The highest BCUT2D eigenvalue weighted by atomic mass is 35.7. The summed E-state index contributed by atoms with van der Waals surface area (Å²) in [5, 5.41) is 3.71. The Morgan fingerprint density at radius 3 is 1.78 bits per heavy atom. The monoisotopic (exact) mass is 707 g/mol. The number of oxazole rings is 1. The maximum absolute atomic E-state index is 12.8. The van der Waals surface area contributed by atoms with Crippen LogP contribution in [0.1, 0.15) is 23.6 Å². The zero-order valence-electron chi connectivity index (χ0n) is 27.3. The van der Waals surface area contributed by atoms with Crippen molar-refractivity contribution < 1.29 is 33.3 Å². The van der Waals surface area contributed by atoms with Gasteiger partial charge in [-0.3, -0.25) is 4.79 Å². The molecule has 0 radical (unpaired) electrons. The second-order valence-electron chi connectivity index (χ2n) is 12.7. The van der Waals surface area contributed by atoms with Crippen LogP contribution in [-0.2, 0) is 6.54 Å². The lowest BCUT2D eigenvalue weighted by Gasteiger charge is -2.42. The van der Waals surface area contributed by atoms with E-state index in [-0.39, 0.29) is 11.5 Å². The van der Waals surface area contributed by atoms with Gasteiger partial charge in [-0.1, -0.05) is 78.4 Å². The summed E-state index contributed by atoms with van der Waals surface area (Å²) in [6.07, 6.45) is 1.07. The molecular formula is C39H35ClN3O6P. The summed E-state index contributed by atoms with van der Waals surface area (Å²) >= 11 is 0. The number of hydrogen-bond donors (Lipinski definition) is 0. The summed E-state index contributed by atoms with van der Waals surface area (Å²) in [5.41, 5.74) is 4.38. The highest BCUT2D eigenvalue weighted by Gasteiger charge is 2.54. The van der Waals surface area contributed by atoms with Gasteiger partial charge >= 0.3 is 0 Å². The number of pyridine rings is 1. The van der Waals surface area contributed by atoms with Gasteiger partial charge in [0, 0.05) is 42.9 Å². The van der Waals surface area contributed by atoms with Gasteiger partial charge in [-0.25, -0.2) is 18.6 Å². The molecule has 0 saturated carbocycles. The van der Waals surface area contributed by atoms with Crippen LogP contribution in [0.4, 0.5) is 5.88 Å². The van der Waals surface area contributed by atoms with E-state index in [1.54, 1.807) is 6.07 Å². The van der Waals surface area contributed by atoms with Crippen molar-refractivity contribution in [3.8, 4) is 11.5 Å². The van der Waals surface area contributed by atoms with Crippen molar-refractivity contribution in [1.82, 2.24) is 9.55 Å². The third-order valence-electron chi connectivity index (χ3n) is 9.41. The number of aryl methyl sites for hydroxylation is 1. The fourth-order valence-corrected chi connectivity index (χ4v) is 11.6. The van der Waals surface area contributed by atoms with Gasteiger partial charge in [-0.05, 0) is 73.9 Å². The van der Waals surface area contributed by atoms with Gasteiger partial charge in [0.1, 0.15) is 15.9 Å². The van der Waals surface area contributed by atoms with Crippen LogP contribution < -0.4 is 50.4 Å². The van der Waals surface area contributed by atoms with Crippen LogP contribution in [0.2, 0.25) is 0 Å². The molecule has 2 bridgehead atoms. The number of nitrogens with zero attached hydrogens (tertiary/aromatic N) is 3. The van der Waals surface area contributed by atoms with Crippen molar-refractivity contribution in [3.05, 3.63) is 155 Å². The number of halogens is 1. The molecule has 254 valence electrons. The predicted octanol–water partition coefficient (Wildman–Crippen LogP) is 1.30. The lowest BCUT2D eigenvalue weighted by Crippen LogP contribution is -2.68. The second kappa shape index (κ2) is 14.0. The summed E-state index contributed by atoms with van der Waals surface area (Å²) < 4.78 is 43.0. The van der Waals surface area contributed by atoms with E-state index in [0.717, 1.165) is 48.6 Å².